The molecule has 9 heteroatoms. The highest BCUT2D eigenvalue weighted by Gasteiger charge is 2.34. The molecular weight excluding hydrogens is 335 g/mol. The monoisotopic (exact) mass is 367 g/mol. The number of hydrogen-bond acceptors (Lipinski definition) is 4. The molecule has 0 aromatic carbocycles. The Morgan fingerprint density at radius 2 is 2.12 bits per heavy atom. The van der Waals surface area contributed by atoms with Crippen LogP contribution in [0.3, 0.4) is 0 Å². The lowest BCUT2D eigenvalue weighted by Gasteiger charge is -2.20. The fourth-order valence-electron chi connectivity index (χ4n) is 2.75. The molecule has 1 saturated heterocycles. The molecule has 0 amide bonds. The van der Waals surface area contributed by atoms with Gasteiger partial charge >= 0.3 is 6.18 Å². The second-order valence-corrected chi connectivity index (χ2v) is 6.39. The molecule has 0 aromatic heterocycles. The predicted octanol–water partition coefficient (Wildman–Crippen LogP) is 1.15. The fourth-order valence-corrected chi connectivity index (χ4v) is 2.75. The Kier molecular flexibility index (Phi) is 10.1. The first kappa shape index (κ1) is 22.0. The maximum atomic E-state index is 12.5. The van der Waals surface area contributed by atoms with Gasteiger partial charge in [0.15, 0.2) is 5.96 Å². The summed E-state index contributed by atoms with van der Waals surface area (Å²) in [5, 5.41) is 6.41. The summed E-state index contributed by atoms with van der Waals surface area (Å²) in [6, 6.07) is 0.00419. The van der Waals surface area contributed by atoms with Crippen LogP contribution in [0.2, 0.25) is 0 Å². The van der Waals surface area contributed by atoms with Gasteiger partial charge in [0.25, 0.3) is 0 Å². The molecule has 0 aliphatic carbocycles. The SMILES string of the molecule is CCNC(=NCCCN(C)CCOC)NC1CCN(CC(F)(F)F)C1. The number of rotatable bonds is 10. The number of likely N-dealkylation sites (tertiary alicyclic amines) is 1. The average Bonchev–Trinajstić information content (AvgIpc) is 2.94. The van der Waals surface area contributed by atoms with E-state index in [0.717, 1.165) is 26.1 Å². The molecule has 1 unspecified atom stereocenters. The number of aliphatic imine (C=N–C) groups is 1. The van der Waals surface area contributed by atoms with Gasteiger partial charge in [-0.15, -0.1) is 0 Å². The van der Waals surface area contributed by atoms with Crippen molar-refractivity contribution in [1.29, 1.82) is 0 Å². The Bertz CT molecular complexity index is 392. The van der Waals surface area contributed by atoms with Crippen LogP contribution in [-0.2, 0) is 4.74 Å². The predicted molar refractivity (Wildman–Crippen MR) is 94.0 cm³/mol. The summed E-state index contributed by atoms with van der Waals surface area (Å²) in [6.45, 7) is 5.90. The molecule has 148 valence electrons. The van der Waals surface area contributed by atoms with E-state index in [1.165, 1.54) is 4.90 Å². The molecule has 0 radical (unpaired) electrons. The number of hydrogen-bond donors (Lipinski definition) is 2. The summed E-state index contributed by atoms with van der Waals surface area (Å²) < 4.78 is 42.4. The second-order valence-electron chi connectivity index (χ2n) is 6.39. The van der Waals surface area contributed by atoms with E-state index < -0.39 is 12.7 Å². The van der Waals surface area contributed by atoms with Gasteiger partial charge in [0.2, 0.25) is 0 Å². The van der Waals surface area contributed by atoms with Crippen molar-refractivity contribution in [1.82, 2.24) is 20.4 Å². The van der Waals surface area contributed by atoms with Crippen molar-refractivity contribution in [3.05, 3.63) is 0 Å². The summed E-state index contributed by atoms with van der Waals surface area (Å²) in [5.74, 6) is 0.681. The lowest BCUT2D eigenvalue weighted by atomic mass is 10.3. The fraction of sp³-hybridized carbons (Fsp3) is 0.938. The molecule has 1 aliphatic rings. The zero-order valence-electron chi connectivity index (χ0n) is 15.5. The highest BCUT2D eigenvalue weighted by atomic mass is 19.4. The minimum absolute atomic E-state index is 0.00419. The van der Waals surface area contributed by atoms with Gasteiger partial charge < -0.3 is 20.3 Å². The number of methoxy groups -OCH3 is 1. The quantitative estimate of drug-likeness (QED) is 0.345. The van der Waals surface area contributed by atoms with Gasteiger partial charge in [0, 0.05) is 45.9 Å². The smallest absolute Gasteiger partial charge is 0.383 e. The lowest BCUT2D eigenvalue weighted by molar-refractivity contribution is -0.143. The van der Waals surface area contributed by atoms with E-state index in [1.807, 2.05) is 14.0 Å². The highest BCUT2D eigenvalue weighted by molar-refractivity contribution is 5.80. The lowest BCUT2D eigenvalue weighted by Crippen LogP contribution is -2.45. The van der Waals surface area contributed by atoms with Crippen LogP contribution in [0.15, 0.2) is 4.99 Å². The standard InChI is InChI=1S/C16H32F3N5O/c1-4-20-15(21-7-5-8-23(2)10-11-25-3)22-14-6-9-24(12-14)13-16(17,18)19/h14H,4-13H2,1-3H3,(H2,20,21,22). The van der Waals surface area contributed by atoms with E-state index in [1.54, 1.807) is 7.11 Å². The summed E-state index contributed by atoms with van der Waals surface area (Å²) >= 11 is 0. The number of halogens is 3. The van der Waals surface area contributed by atoms with Gasteiger partial charge in [-0.2, -0.15) is 13.2 Å². The van der Waals surface area contributed by atoms with E-state index >= 15 is 0 Å². The van der Waals surface area contributed by atoms with Crippen molar-refractivity contribution in [3.63, 3.8) is 0 Å². The van der Waals surface area contributed by atoms with Gasteiger partial charge in [-0.25, -0.2) is 0 Å². The molecule has 25 heavy (non-hydrogen) atoms. The van der Waals surface area contributed by atoms with Crippen molar-refractivity contribution >= 4 is 5.96 Å². The molecule has 1 rings (SSSR count). The van der Waals surface area contributed by atoms with Crippen LogP contribution in [-0.4, -0.2) is 94.6 Å². The number of guanidine groups is 1. The molecule has 0 spiro atoms. The van der Waals surface area contributed by atoms with Crippen molar-refractivity contribution in [2.75, 3.05) is 66.6 Å². The van der Waals surface area contributed by atoms with Gasteiger partial charge in [-0.1, -0.05) is 0 Å². The van der Waals surface area contributed by atoms with Crippen molar-refractivity contribution in [3.8, 4) is 0 Å². The topological polar surface area (TPSA) is 52.1 Å². The first-order valence-electron chi connectivity index (χ1n) is 8.85. The van der Waals surface area contributed by atoms with E-state index in [9.17, 15) is 13.2 Å². The van der Waals surface area contributed by atoms with Crippen molar-refractivity contribution in [2.24, 2.45) is 4.99 Å². The summed E-state index contributed by atoms with van der Waals surface area (Å²) in [4.78, 5) is 8.15. The molecule has 0 bridgehead atoms. The van der Waals surface area contributed by atoms with Gasteiger partial charge in [-0.3, -0.25) is 9.89 Å². The van der Waals surface area contributed by atoms with Crippen LogP contribution in [0.5, 0.6) is 0 Å². The Morgan fingerprint density at radius 1 is 1.36 bits per heavy atom. The minimum atomic E-state index is -4.14. The molecule has 6 nitrogen and oxygen atoms in total. The molecule has 1 fully saturated rings. The zero-order chi connectivity index (χ0) is 18.7. The number of ether oxygens (including phenoxy) is 1. The van der Waals surface area contributed by atoms with Crippen molar-refractivity contribution < 1.29 is 17.9 Å². The van der Waals surface area contributed by atoms with Crippen LogP contribution in [0.4, 0.5) is 13.2 Å². The molecule has 1 aliphatic heterocycles. The summed E-state index contributed by atoms with van der Waals surface area (Å²) in [6.07, 6.45) is -2.52. The summed E-state index contributed by atoms with van der Waals surface area (Å²) in [7, 11) is 3.73. The van der Waals surface area contributed by atoms with E-state index in [-0.39, 0.29) is 6.04 Å². The molecule has 0 aromatic rings. The van der Waals surface area contributed by atoms with E-state index in [0.29, 0.717) is 38.6 Å². The third-order valence-electron chi connectivity index (χ3n) is 4.01. The van der Waals surface area contributed by atoms with Gasteiger partial charge in [0.05, 0.1) is 13.2 Å². The Morgan fingerprint density at radius 3 is 2.76 bits per heavy atom. The maximum Gasteiger partial charge on any atom is 0.401 e. The third-order valence-corrected chi connectivity index (χ3v) is 4.01. The highest BCUT2D eigenvalue weighted by Crippen LogP contribution is 2.19. The average molecular weight is 367 g/mol. The van der Waals surface area contributed by atoms with E-state index in [4.69, 9.17) is 4.74 Å². The minimum Gasteiger partial charge on any atom is -0.383 e. The zero-order valence-corrected chi connectivity index (χ0v) is 15.5. The molecule has 1 atom stereocenters. The van der Waals surface area contributed by atoms with Gasteiger partial charge in [-0.05, 0) is 33.4 Å². The van der Waals surface area contributed by atoms with Crippen LogP contribution in [0.1, 0.15) is 19.8 Å². The third kappa shape index (κ3) is 10.5. The number of nitrogens with zero attached hydrogens (tertiary/aromatic N) is 3. The second kappa shape index (κ2) is 11.5. The summed E-state index contributed by atoms with van der Waals surface area (Å²) in [5.41, 5.74) is 0. The first-order chi connectivity index (χ1) is 11.8. The normalized spacial score (nSPS) is 19.6. The Hall–Kier alpha value is -1.06. The number of nitrogens with one attached hydrogen (secondary N) is 2. The number of alkyl halides is 3. The molecular formula is C16H32F3N5O. The maximum absolute atomic E-state index is 12.5. The Labute approximate surface area is 148 Å². The first-order valence-corrected chi connectivity index (χ1v) is 8.85. The van der Waals surface area contributed by atoms with Gasteiger partial charge in [0.1, 0.15) is 0 Å². The van der Waals surface area contributed by atoms with E-state index in [2.05, 4.69) is 20.5 Å². The molecule has 0 saturated carbocycles. The number of likely N-dealkylation sites (N-methyl/N-ethyl adjacent to an activating group) is 1. The van der Waals surface area contributed by atoms with Crippen LogP contribution in [0.25, 0.3) is 0 Å². The van der Waals surface area contributed by atoms with Crippen molar-refractivity contribution in [2.45, 2.75) is 32.0 Å². The van der Waals surface area contributed by atoms with Crippen LogP contribution in [0, 0.1) is 0 Å². The molecule has 1 heterocycles. The molecule has 2 N–H and O–H groups in total. The Balaban J connectivity index is 2.33. The largest absolute Gasteiger partial charge is 0.401 e. The van der Waals surface area contributed by atoms with Crippen LogP contribution >= 0.6 is 0 Å². The van der Waals surface area contributed by atoms with Crippen LogP contribution < -0.4 is 10.6 Å².